The van der Waals surface area contributed by atoms with Crippen molar-refractivity contribution in [2.24, 2.45) is 0 Å². The van der Waals surface area contributed by atoms with Gasteiger partial charge in [0.05, 0.1) is 25.2 Å². The molecule has 0 saturated carbocycles. The van der Waals surface area contributed by atoms with E-state index >= 15 is 0 Å². The Bertz CT molecular complexity index is 104. The zero-order chi connectivity index (χ0) is 8.57. The second kappa shape index (κ2) is 17.5. The summed E-state index contributed by atoms with van der Waals surface area (Å²) in [6.45, 7) is -1.78. The number of carbonyl (C=O) groups is 2. The third kappa shape index (κ3) is 47.1. The molecule has 60 valence electrons. The van der Waals surface area contributed by atoms with E-state index in [4.69, 9.17) is 30.0 Å². The summed E-state index contributed by atoms with van der Waals surface area (Å²) < 4.78 is 0. The Morgan fingerprint density at radius 2 is 1.08 bits per heavy atom. The van der Waals surface area contributed by atoms with Gasteiger partial charge in [0.2, 0.25) is 0 Å². The molecule has 0 aliphatic heterocycles. The van der Waals surface area contributed by atoms with Crippen LogP contribution in [0.1, 0.15) is 0 Å². The van der Waals surface area contributed by atoms with E-state index in [1.165, 1.54) is 0 Å². The summed E-state index contributed by atoms with van der Waals surface area (Å²) >= 11 is 0. The maximum absolute atomic E-state index is 9.01. The summed E-state index contributed by atoms with van der Waals surface area (Å²) in [6.07, 6.45) is 0. The third-order valence-electron chi connectivity index (χ3n) is 0.258. The Balaban J connectivity index is -0.0000000457. The molecular formula is C4H6LiNaO6. The summed E-state index contributed by atoms with van der Waals surface area (Å²) in [4.78, 5) is 18.0. The molecule has 6 nitrogen and oxygen atoms in total. The van der Waals surface area contributed by atoms with Gasteiger partial charge in [0, 0.05) is 0 Å². The van der Waals surface area contributed by atoms with Crippen LogP contribution in [0.4, 0.5) is 0 Å². The van der Waals surface area contributed by atoms with Crippen LogP contribution < -0.4 is 58.6 Å². The Labute approximate surface area is 103 Å². The van der Waals surface area contributed by atoms with E-state index in [2.05, 4.69) is 0 Å². The molecule has 0 heterocycles. The van der Waals surface area contributed by atoms with Crippen molar-refractivity contribution in [3.8, 4) is 0 Å². The molecule has 0 fully saturated rings. The second-order valence-electron chi connectivity index (χ2n) is 1.06. The smallest absolute Gasteiger partial charge is 0.548 e. The Morgan fingerprint density at radius 3 is 1.08 bits per heavy atom. The normalized spacial score (nSPS) is 6.17. The predicted molar refractivity (Wildman–Crippen MR) is 24.2 cm³/mol. The van der Waals surface area contributed by atoms with Crippen LogP contribution in [-0.2, 0) is 9.59 Å². The van der Waals surface area contributed by atoms with Gasteiger partial charge in [0.25, 0.3) is 0 Å². The molecule has 12 heavy (non-hydrogen) atoms. The Kier molecular flexibility index (Phi) is 33.4. The molecule has 2 N–H and O–H groups in total. The minimum Gasteiger partial charge on any atom is -0.548 e. The van der Waals surface area contributed by atoms with Crippen LogP contribution in [0, 0.1) is 0 Å². The van der Waals surface area contributed by atoms with Crippen LogP contribution in [0.3, 0.4) is 0 Å². The van der Waals surface area contributed by atoms with E-state index in [0.29, 0.717) is 0 Å². The molecule has 0 radical (unpaired) electrons. The summed E-state index contributed by atoms with van der Waals surface area (Å²) in [5.41, 5.74) is 0. The predicted octanol–water partition coefficient (Wildman–Crippen LogP) is -10.5. The monoisotopic (exact) mass is 180 g/mol. The van der Waals surface area contributed by atoms with Gasteiger partial charge in [0.15, 0.2) is 0 Å². The van der Waals surface area contributed by atoms with Crippen LogP contribution in [0.2, 0.25) is 0 Å². The van der Waals surface area contributed by atoms with Gasteiger partial charge in [-0.15, -0.1) is 0 Å². The van der Waals surface area contributed by atoms with Crippen LogP contribution in [0.25, 0.3) is 0 Å². The van der Waals surface area contributed by atoms with Crippen molar-refractivity contribution < 1.29 is 78.4 Å². The first-order chi connectivity index (χ1) is 4.54. The number of hydrogen-bond donors (Lipinski definition) is 2. The maximum Gasteiger partial charge on any atom is 1.00 e. The topological polar surface area (TPSA) is 121 Å². The number of aliphatic carboxylic acids is 2. The number of rotatable bonds is 2. The summed E-state index contributed by atoms with van der Waals surface area (Å²) in [6, 6.07) is 0. The first kappa shape index (κ1) is 22.9. The second-order valence-corrected chi connectivity index (χ2v) is 1.06. The number of carboxylic acid groups (broad SMARTS) is 2. The van der Waals surface area contributed by atoms with Crippen molar-refractivity contribution in [2.75, 3.05) is 13.2 Å². The van der Waals surface area contributed by atoms with Gasteiger partial charge in [-0.2, -0.15) is 0 Å². The van der Waals surface area contributed by atoms with Crippen LogP contribution in [0.5, 0.6) is 0 Å². The van der Waals surface area contributed by atoms with Gasteiger partial charge < -0.3 is 30.0 Å². The van der Waals surface area contributed by atoms with Gasteiger partial charge in [-0.05, 0) is 0 Å². The molecule has 8 heteroatoms. The van der Waals surface area contributed by atoms with Crippen molar-refractivity contribution in [2.45, 2.75) is 0 Å². The molecule has 0 bridgehead atoms. The average molecular weight is 180 g/mol. The minimum absolute atomic E-state index is 0. The molecule has 0 spiro atoms. The SMILES string of the molecule is O=C([O-])CO.O=C([O-])CO.[Li+].[Na+]. The van der Waals surface area contributed by atoms with Crippen molar-refractivity contribution in [3.63, 3.8) is 0 Å². The van der Waals surface area contributed by atoms with Crippen molar-refractivity contribution in [3.05, 3.63) is 0 Å². The fraction of sp³-hybridized carbons (Fsp3) is 0.500. The molecule has 0 aromatic carbocycles. The molecule has 0 aromatic heterocycles. The van der Waals surface area contributed by atoms with E-state index in [0.717, 1.165) is 0 Å². The standard InChI is InChI=1S/2C2H4O3.Li.Na/c2*3-1-2(4)5;;/h2*3H,1H2,(H,4,5);;/q;;2*+1/p-2. The van der Waals surface area contributed by atoms with E-state index in [1.807, 2.05) is 0 Å². The zero-order valence-electron chi connectivity index (χ0n) is 6.94. The van der Waals surface area contributed by atoms with Crippen LogP contribution >= 0.6 is 0 Å². The number of aliphatic hydroxyl groups is 2. The molecule has 0 saturated heterocycles. The summed E-state index contributed by atoms with van der Waals surface area (Å²) in [5, 5.41) is 33.0. The average Bonchev–Trinajstić information content (AvgIpc) is 1.89. The number of aliphatic hydroxyl groups excluding tert-OH is 2. The van der Waals surface area contributed by atoms with E-state index in [-0.39, 0.29) is 48.4 Å². The van der Waals surface area contributed by atoms with Crippen molar-refractivity contribution >= 4 is 11.9 Å². The largest absolute Gasteiger partial charge is 1.00 e. The fourth-order valence-corrected chi connectivity index (χ4v) is 0. The Morgan fingerprint density at radius 1 is 1.00 bits per heavy atom. The molecule has 0 unspecified atom stereocenters. The van der Waals surface area contributed by atoms with Gasteiger partial charge in [-0.1, -0.05) is 0 Å². The fourth-order valence-electron chi connectivity index (χ4n) is 0. The molecule has 0 aliphatic rings. The maximum atomic E-state index is 9.01. The van der Waals surface area contributed by atoms with Crippen molar-refractivity contribution in [1.29, 1.82) is 0 Å². The van der Waals surface area contributed by atoms with Gasteiger partial charge in [-0.25, -0.2) is 0 Å². The zero-order valence-corrected chi connectivity index (χ0v) is 8.94. The van der Waals surface area contributed by atoms with E-state index in [9.17, 15) is 0 Å². The van der Waals surface area contributed by atoms with E-state index in [1.54, 1.807) is 0 Å². The van der Waals surface area contributed by atoms with Crippen molar-refractivity contribution in [1.82, 2.24) is 0 Å². The van der Waals surface area contributed by atoms with Gasteiger partial charge in [-0.3, -0.25) is 0 Å². The first-order valence-corrected chi connectivity index (χ1v) is 2.16. The molecular weight excluding hydrogens is 174 g/mol. The number of carbonyl (C=O) groups excluding carboxylic acids is 2. The number of hydrogen-bond acceptors (Lipinski definition) is 6. The molecule has 0 rings (SSSR count). The minimum atomic E-state index is -1.44. The summed E-state index contributed by atoms with van der Waals surface area (Å²) in [7, 11) is 0. The van der Waals surface area contributed by atoms with Crippen LogP contribution in [0.15, 0.2) is 0 Å². The molecule has 0 atom stereocenters. The number of carboxylic acids is 2. The third-order valence-corrected chi connectivity index (χ3v) is 0.258. The van der Waals surface area contributed by atoms with Gasteiger partial charge >= 0.3 is 48.4 Å². The quantitative estimate of drug-likeness (QED) is 0.407. The van der Waals surface area contributed by atoms with E-state index < -0.39 is 25.2 Å². The summed E-state index contributed by atoms with van der Waals surface area (Å²) in [5.74, 6) is -2.88. The molecule has 0 aromatic rings. The first-order valence-electron chi connectivity index (χ1n) is 2.16. The molecule has 0 aliphatic carbocycles. The Hall–Kier alpha value is 0.457. The molecule has 0 amide bonds. The van der Waals surface area contributed by atoms with Crippen LogP contribution in [-0.4, -0.2) is 35.4 Å². The van der Waals surface area contributed by atoms with Gasteiger partial charge in [0.1, 0.15) is 0 Å².